The largest absolute Gasteiger partial charge is 0.456 e. The van der Waals surface area contributed by atoms with Crippen molar-refractivity contribution in [1.29, 1.82) is 0 Å². The molecule has 8 aromatic carbocycles. The quantitative estimate of drug-likeness (QED) is 0.171. The van der Waals surface area contributed by atoms with E-state index in [4.69, 9.17) is 23.8 Å². The molecule has 0 aliphatic heterocycles. The van der Waals surface area contributed by atoms with Crippen LogP contribution < -0.4 is 0 Å². The molecule has 3 heterocycles. The molecule has 0 N–H and O–H groups in total. The maximum Gasteiger partial charge on any atom is 0.164 e. The molecular weight excluding hydrogens is 687 g/mol. The zero-order valence-corrected chi connectivity index (χ0v) is 30.1. The van der Waals surface area contributed by atoms with Crippen LogP contribution in [0.2, 0.25) is 0 Å². The molecule has 262 valence electrons. The first kappa shape index (κ1) is 31.9. The van der Waals surface area contributed by atoms with Crippen molar-refractivity contribution >= 4 is 43.9 Å². The molecule has 0 spiro atoms. The Labute approximate surface area is 322 Å². The van der Waals surface area contributed by atoms with Crippen molar-refractivity contribution in [2.45, 2.75) is 0 Å². The Hall–Kier alpha value is -7.63. The number of para-hydroxylation sites is 1. The predicted molar refractivity (Wildman–Crippen MR) is 227 cm³/mol. The minimum Gasteiger partial charge on any atom is -0.456 e. The SMILES string of the molecule is c1ccc(-c2ccc3oc4cc(-c5ccccc5-c5cccc6c5oc5cc(-c7nc(-c8ccccc8)nc(-c8ccccc8)n7)ccc56)ccc4c3c2)cc1. The first-order valence-corrected chi connectivity index (χ1v) is 18.7. The average Bonchev–Trinajstić information content (AvgIpc) is 3.84. The van der Waals surface area contributed by atoms with Gasteiger partial charge in [0.2, 0.25) is 0 Å². The van der Waals surface area contributed by atoms with Gasteiger partial charge < -0.3 is 8.83 Å². The van der Waals surface area contributed by atoms with E-state index in [0.717, 1.165) is 82.8 Å². The Morgan fingerprint density at radius 2 is 0.786 bits per heavy atom. The lowest BCUT2D eigenvalue weighted by atomic mass is 9.93. The van der Waals surface area contributed by atoms with Gasteiger partial charge in [-0.2, -0.15) is 0 Å². The van der Waals surface area contributed by atoms with E-state index in [1.807, 2.05) is 72.8 Å². The van der Waals surface area contributed by atoms with Gasteiger partial charge in [-0.3, -0.25) is 0 Å². The van der Waals surface area contributed by atoms with Gasteiger partial charge in [0.05, 0.1) is 0 Å². The number of aromatic nitrogens is 3. The molecule has 0 unspecified atom stereocenters. The smallest absolute Gasteiger partial charge is 0.164 e. The molecular formula is C51H31N3O2. The van der Waals surface area contributed by atoms with Crippen LogP contribution in [0.1, 0.15) is 0 Å². The second-order valence-corrected chi connectivity index (χ2v) is 14.0. The number of rotatable bonds is 6. The van der Waals surface area contributed by atoms with Crippen LogP contribution in [0.4, 0.5) is 0 Å². The molecule has 0 saturated carbocycles. The zero-order valence-electron chi connectivity index (χ0n) is 30.1. The molecule has 0 aliphatic rings. The normalized spacial score (nSPS) is 11.6. The second-order valence-electron chi connectivity index (χ2n) is 14.0. The fourth-order valence-electron chi connectivity index (χ4n) is 7.81. The van der Waals surface area contributed by atoms with Crippen molar-refractivity contribution in [3.63, 3.8) is 0 Å². The second kappa shape index (κ2) is 13.0. The Kier molecular flexibility index (Phi) is 7.42. The van der Waals surface area contributed by atoms with Crippen LogP contribution in [0.25, 0.3) is 111 Å². The van der Waals surface area contributed by atoms with Crippen molar-refractivity contribution in [2.75, 3.05) is 0 Å². The summed E-state index contributed by atoms with van der Waals surface area (Å²) in [4.78, 5) is 14.8. The van der Waals surface area contributed by atoms with Crippen molar-refractivity contribution in [3.8, 4) is 67.5 Å². The van der Waals surface area contributed by atoms with Gasteiger partial charge in [0.1, 0.15) is 22.3 Å². The van der Waals surface area contributed by atoms with Crippen molar-refractivity contribution in [1.82, 2.24) is 15.0 Å². The number of benzene rings is 8. The fourth-order valence-corrected chi connectivity index (χ4v) is 7.81. The Morgan fingerprint density at radius 3 is 1.48 bits per heavy atom. The zero-order chi connectivity index (χ0) is 37.0. The lowest BCUT2D eigenvalue weighted by Crippen LogP contribution is -2.00. The van der Waals surface area contributed by atoms with Gasteiger partial charge in [-0.1, -0.05) is 152 Å². The van der Waals surface area contributed by atoms with Gasteiger partial charge in [-0.05, 0) is 64.2 Å². The number of furan rings is 2. The summed E-state index contributed by atoms with van der Waals surface area (Å²) in [6.45, 7) is 0. The maximum absolute atomic E-state index is 6.79. The van der Waals surface area contributed by atoms with E-state index in [-0.39, 0.29) is 0 Å². The highest BCUT2D eigenvalue weighted by Crippen LogP contribution is 2.42. The van der Waals surface area contributed by atoms with E-state index >= 15 is 0 Å². The van der Waals surface area contributed by atoms with Crippen LogP contribution in [0.15, 0.2) is 197 Å². The third-order valence-corrected chi connectivity index (χ3v) is 10.6. The summed E-state index contributed by atoms with van der Waals surface area (Å²) in [6, 6.07) is 64.6. The molecule has 0 saturated heterocycles. The molecule has 0 atom stereocenters. The number of fused-ring (bicyclic) bond motifs is 6. The highest BCUT2D eigenvalue weighted by molar-refractivity contribution is 6.12. The molecule has 56 heavy (non-hydrogen) atoms. The van der Waals surface area contributed by atoms with Crippen LogP contribution in [0.3, 0.4) is 0 Å². The highest BCUT2D eigenvalue weighted by Gasteiger charge is 2.19. The van der Waals surface area contributed by atoms with Crippen LogP contribution in [-0.4, -0.2) is 15.0 Å². The number of hydrogen-bond acceptors (Lipinski definition) is 5. The molecule has 0 bridgehead atoms. The van der Waals surface area contributed by atoms with E-state index in [0.29, 0.717) is 17.5 Å². The Bertz CT molecular complexity index is 3180. The molecule has 0 fully saturated rings. The van der Waals surface area contributed by atoms with Gasteiger partial charge in [-0.25, -0.2) is 15.0 Å². The lowest BCUT2D eigenvalue weighted by molar-refractivity contribution is 0.669. The summed E-state index contributed by atoms with van der Waals surface area (Å²) in [5.74, 6) is 1.83. The van der Waals surface area contributed by atoms with E-state index in [9.17, 15) is 0 Å². The van der Waals surface area contributed by atoms with Crippen LogP contribution in [0, 0.1) is 0 Å². The van der Waals surface area contributed by atoms with E-state index in [2.05, 4.69) is 115 Å². The maximum atomic E-state index is 6.79. The van der Waals surface area contributed by atoms with Crippen LogP contribution in [-0.2, 0) is 0 Å². The van der Waals surface area contributed by atoms with Gasteiger partial charge in [0, 0.05) is 43.8 Å². The minimum absolute atomic E-state index is 0.586. The van der Waals surface area contributed by atoms with Gasteiger partial charge >= 0.3 is 0 Å². The molecule has 0 amide bonds. The number of hydrogen-bond donors (Lipinski definition) is 0. The van der Waals surface area contributed by atoms with E-state index < -0.39 is 0 Å². The molecule has 11 aromatic rings. The highest BCUT2D eigenvalue weighted by atomic mass is 16.3. The van der Waals surface area contributed by atoms with E-state index in [1.165, 1.54) is 11.1 Å². The van der Waals surface area contributed by atoms with Crippen molar-refractivity contribution < 1.29 is 8.83 Å². The summed E-state index contributed by atoms with van der Waals surface area (Å²) in [5.41, 5.74) is 12.7. The van der Waals surface area contributed by atoms with Gasteiger partial charge in [-0.15, -0.1) is 0 Å². The third kappa shape index (κ3) is 5.45. The van der Waals surface area contributed by atoms with Crippen molar-refractivity contribution in [2.24, 2.45) is 0 Å². The molecule has 0 radical (unpaired) electrons. The summed E-state index contributed by atoms with van der Waals surface area (Å²) >= 11 is 0. The molecule has 0 aliphatic carbocycles. The Balaban J connectivity index is 1.01. The monoisotopic (exact) mass is 717 g/mol. The third-order valence-electron chi connectivity index (χ3n) is 10.6. The van der Waals surface area contributed by atoms with Crippen LogP contribution >= 0.6 is 0 Å². The van der Waals surface area contributed by atoms with Crippen LogP contribution in [0.5, 0.6) is 0 Å². The molecule has 11 rings (SSSR count). The predicted octanol–water partition coefficient (Wildman–Crippen LogP) is 13.7. The Morgan fingerprint density at radius 1 is 0.268 bits per heavy atom. The van der Waals surface area contributed by atoms with Gasteiger partial charge in [0.15, 0.2) is 17.5 Å². The van der Waals surface area contributed by atoms with E-state index in [1.54, 1.807) is 0 Å². The summed E-state index contributed by atoms with van der Waals surface area (Å²) in [6.07, 6.45) is 0. The topological polar surface area (TPSA) is 65.0 Å². The average molecular weight is 718 g/mol. The molecule has 5 heteroatoms. The summed E-state index contributed by atoms with van der Waals surface area (Å²) in [7, 11) is 0. The first-order valence-electron chi connectivity index (χ1n) is 18.7. The molecule has 3 aromatic heterocycles. The van der Waals surface area contributed by atoms with Crippen molar-refractivity contribution in [3.05, 3.63) is 188 Å². The minimum atomic E-state index is 0.586. The van der Waals surface area contributed by atoms with Gasteiger partial charge in [0.25, 0.3) is 0 Å². The first-order chi connectivity index (χ1) is 27.7. The fraction of sp³-hybridized carbons (Fsp3) is 0. The summed E-state index contributed by atoms with van der Waals surface area (Å²) < 4.78 is 13.2. The molecule has 5 nitrogen and oxygen atoms in total. The standard InChI is InChI=1S/C51H31N3O2/c1-4-13-32(14-5-1)35-25-28-45-44(29-35)41-26-23-36(30-46(41)55-45)38-19-10-11-20-39(38)42-21-12-22-43-40-27-24-37(31-47(40)56-48(42)43)51-53-49(33-15-6-2-7-16-33)52-50(54-51)34-17-8-3-9-18-34/h1-31H. The number of nitrogens with zero attached hydrogens (tertiary/aromatic N) is 3. The summed E-state index contributed by atoms with van der Waals surface area (Å²) in [5, 5.41) is 4.28. The lowest BCUT2D eigenvalue weighted by Gasteiger charge is -2.11.